The highest BCUT2D eigenvalue weighted by atomic mass is 19.1. The molecular weight excluding hydrogens is 439 g/mol. The number of aliphatic hydroxyl groups is 2. The molecule has 3 atom stereocenters. The Morgan fingerprint density at radius 2 is 2.24 bits per heavy atom. The molecule has 1 unspecified atom stereocenters. The van der Waals surface area contributed by atoms with Crippen molar-refractivity contribution >= 4 is 17.5 Å². The van der Waals surface area contributed by atoms with Crippen LogP contribution >= 0.6 is 0 Å². The van der Waals surface area contributed by atoms with E-state index in [9.17, 15) is 14.8 Å². The van der Waals surface area contributed by atoms with E-state index in [2.05, 4.69) is 39.3 Å². The highest BCUT2D eigenvalue weighted by molar-refractivity contribution is 5.61. The van der Waals surface area contributed by atoms with E-state index in [4.69, 9.17) is 9.84 Å². The molecule has 0 radical (unpaired) electrons. The standard InChI is InChI=1S/C24H31FN6O3/c1-24(2)10-17(9-18-4-3-7-31(18)24)28-22-20(25)12-27-23(30-22)29-16-5-6-21(15(8-16)11-26)34-14-19(33)13-32/h5-6,8,12,17-19,32-33H,3-4,7,9-10,13-14H2,1-2H3,(H2,27,28,29,30)/t17-,18-,19?/m1/s1. The number of hydrogen-bond donors (Lipinski definition) is 4. The number of piperidine rings is 1. The summed E-state index contributed by atoms with van der Waals surface area (Å²) in [7, 11) is 0. The van der Waals surface area contributed by atoms with E-state index >= 15 is 0 Å². The van der Waals surface area contributed by atoms with Crippen LogP contribution in [-0.4, -0.2) is 68.6 Å². The van der Waals surface area contributed by atoms with Crippen LogP contribution in [0.1, 0.15) is 45.1 Å². The second-order valence-electron chi connectivity index (χ2n) is 9.57. The monoisotopic (exact) mass is 470 g/mol. The number of aliphatic hydroxyl groups excluding tert-OH is 2. The van der Waals surface area contributed by atoms with Crippen molar-refractivity contribution in [3.05, 3.63) is 35.8 Å². The van der Waals surface area contributed by atoms with E-state index in [-0.39, 0.29) is 41.3 Å². The first-order valence-corrected chi connectivity index (χ1v) is 11.6. The van der Waals surface area contributed by atoms with Crippen LogP contribution in [0.25, 0.3) is 0 Å². The number of halogens is 1. The van der Waals surface area contributed by atoms with Crippen LogP contribution in [0.3, 0.4) is 0 Å². The lowest BCUT2D eigenvalue weighted by Gasteiger charge is -2.47. The molecule has 4 N–H and O–H groups in total. The molecule has 0 bridgehead atoms. The minimum atomic E-state index is -1.03. The first kappa shape index (κ1) is 24.1. The lowest BCUT2D eigenvalue weighted by atomic mass is 9.84. The quantitative estimate of drug-likeness (QED) is 0.461. The van der Waals surface area contributed by atoms with Gasteiger partial charge in [-0.15, -0.1) is 0 Å². The number of fused-ring (bicyclic) bond motifs is 1. The summed E-state index contributed by atoms with van der Waals surface area (Å²) in [4.78, 5) is 11.0. The van der Waals surface area contributed by atoms with Gasteiger partial charge in [0.05, 0.1) is 18.4 Å². The summed E-state index contributed by atoms with van der Waals surface area (Å²) in [5.74, 6) is 0.128. The van der Waals surface area contributed by atoms with Gasteiger partial charge >= 0.3 is 0 Å². The van der Waals surface area contributed by atoms with E-state index in [1.54, 1.807) is 18.2 Å². The molecule has 10 heteroatoms. The SMILES string of the molecule is CC1(C)C[C@H](Nc2nc(Nc3ccc(OCC(O)CO)c(C#N)c3)ncc2F)C[C@H]2CCCN21. The van der Waals surface area contributed by atoms with Crippen molar-refractivity contribution in [3.8, 4) is 11.8 Å². The predicted molar refractivity (Wildman–Crippen MR) is 125 cm³/mol. The topological polar surface area (TPSA) is 127 Å². The minimum Gasteiger partial charge on any atom is -0.489 e. The number of nitrogens with zero attached hydrogens (tertiary/aromatic N) is 4. The Bertz CT molecular complexity index is 1060. The molecule has 182 valence electrons. The Morgan fingerprint density at radius 1 is 1.41 bits per heavy atom. The maximum atomic E-state index is 14.6. The average molecular weight is 471 g/mol. The zero-order valence-corrected chi connectivity index (χ0v) is 19.5. The molecule has 0 aliphatic carbocycles. The molecule has 2 aliphatic rings. The number of anilines is 3. The Kier molecular flexibility index (Phi) is 7.16. The fourth-order valence-electron chi connectivity index (χ4n) is 5.03. The number of aromatic nitrogens is 2. The molecule has 2 saturated heterocycles. The lowest BCUT2D eigenvalue weighted by Crippen LogP contribution is -2.55. The van der Waals surface area contributed by atoms with Gasteiger partial charge < -0.3 is 25.6 Å². The fourth-order valence-corrected chi connectivity index (χ4v) is 5.03. The van der Waals surface area contributed by atoms with Gasteiger partial charge in [-0.25, -0.2) is 9.37 Å². The zero-order valence-electron chi connectivity index (χ0n) is 19.5. The maximum Gasteiger partial charge on any atom is 0.229 e. The smallest absolute Gasteiger partial charge is 0.229 e. The fraction of sp³-hybridized carbons (Fsp3) is 0.542. The molecule has 9 nitrogen and oxygen atoms in total. The number of ether oxygens (including phenoxy) is 1. The summed E-state index contributed by atoms with van der Waals surface area (Å²) in [6.45, 7) is 5.04. The van der Waals surface area contributed by atoms with E-state index in [1.807, 2.05) is 6.07 Å². The van der Waals surface area contributed by atoms with Crippen molar-refractivity contribution < 1.29 is 19.3 Å². The number of hydrogen-bond acceptors (Lipinski definition) is 9. The van der Waals surface area contributed by atoms with Gasteiger partial charge in [0, 0.05) is 23.3 Å². The largest absolute Gasteiger partial charge is 0.489 e. The third-order valence-corrected chi connectivity index (χ3v) is 6.54. The minimum absolute atomic E-state index is 0.0480. The van der Waals surface area contributed by atoms with Crippen molar-refractivity contribution in [2.24, 2.45) is 0 Å². The normalized spacial score (nSPS) is 22.5. The first-order valence-electron chi connectivity index (χ1n) is 11.6. The molecule has 2 fully saturated rings. The molecule has 3 heterocycles. The summed E-state index contributed by atoms with van der Waals surface area (Å²) in [6.07, 6.45) is 4.32. The highest BCUT2D eigenvalue weighted by Crippen LogP contribution is 2.38. The third-order valence-electron chi connectivity index (χ3n) is 6.54. The van der Waals surface area contributed by atoms with E-state index in [0.717, 1.165) is 25.6 Å². The molecule has 34 heavy (non-hydrogen) atoms. The number of rotatable bonds is 8. The van der Waals surface area contributed by atoms with Gasteiger partial charge in [0.25, 0.3) is 0 Å². The zero-order chi connectivity index (χ0) is 24.3. The van der Waals surface area contributed by atoms with Crippen molar-refractivity contribution in [1.82, 2.24) is 14.9 Å². The summed E-state index contributed by atoms with van der Waals surface area (Å²) in [6, 6.07) is 7.45. The molecule has 0 spiro atoms. The number of nitriles is 1. The van der Waals surface area contributed by atoms with Gasteiger partial charge in [-0.1, -0.05) is 0 Å². The molecule has 0 amide bonds. The van der Waals surface area contributed by atoms with Crippen LogP contribution in [0.15, 0.2) is 24.4 Å². The van der Waals surface area contributed by atoms with Crippen molar-refractivity contribution in [2.45, 2.75) is 63.3 Å². The highest BCUT2D eigenvalue weighted by Gasteiger charge is 2.43. The molecule has 4 rings (SSSR count). The van der Waals surface area contributed by atoms with Gasteiger partial charge in [0.2, 0.25) is 5.95 Å². The molecular formula is C24H31FN6O3. The Morgan fingerprint density at radius 3 is 3.00 bits per heavy atom. The van der Waals surface area contributed by atoms with Crippen LogP contribution in [0.5, 0.6) is 5.75 Å². The van der Waals surface area contributed by atoms with Gasteiger partial charge in [-0.3, -0.25) is 4.90 Å². The molecule has 1 aromatic heterocycles. The second kappa shape index (κ2) is 10.1. The number of nitrogens with one attached hydrogen (secondary N) is 2. The van der Waals surface area contributed by atoms with Crippen LogP contribution in [0, 0.1) is 17.1 Å². The average Bonchev–Trinajstić information content (AvgIpc) is 3.29. The second-order valence-corrected chi connectivity index (χ2v) is 9.57. The summed E-state index contributed by atoms with van der Waals surface area (Å²) >= 11 is 0. The third kappa shape index (κ3) is 5.38. The Balaban J connectivity index is 1.46. The van der Waals surface area contributed by atoms with Crippen molar-refractivity contribution in [3.63, 3.8) is 0 Å². The van der Waals surface area contributed by atoms with Crippen molar-refractivity contribution in [1.29, 1.82) is 5.26 Å². The molecule has 2 aliphatic heterocycles. The Hall–Kier alpha value is -3.00. The molecule has 0 saturated carbocycles. The van der Waals surface area contributed by atoms with Gasteiger partial charge in [0.1, 0.15) is 24.5 Å². The van der Waals surface area contributed by atoms with Crippen LogP contribution in [0.2, 0.25) is 0 Å². The van der Waals surface area contributed by atoms with E-state index in [0.29, 0.717) is 11.7 Å². The summed E-state index contributed by atoms with van der Waals surface area (Å²) in [5.41, 5.74) is 0.817. The maximum absolute atomic E-state index is 14.6. The van der Waals surface area contributed by atoms with E-state index in [1.165, 1.54) is 12.8 Å². The molecule has 2 aromatic rings. The molecule has 1 aromatic carbocycles. The lowest BCUT2D eigenvalue weighted by molar-refractivity contribution is 0.0500. The Labute approximate surface area is 198 Å². The number of benzene rings is 1. The first-order chi connectivity index (χ1) is 16.3. The summed E-state index contributed by atoms with van der Waals surface area (Å²) < 4.78 is 19.9. The van der Waals surface area contributed by atoms with Gasteiger partial charge in [-0.2, -0.15) is 10.2 Å². The summed E-state index contributed by atoms with van der Waals surface area (Å²) in [5, 5.41) is 34.1. The van der Waals surface area contributed by atoms with Crippen LogP contribution in [0.4, 0.5) is 21.8 Å². The van der Waals surface area contributed by atoms with Crippen LogP contribution in [-0.2, 0) is 0 Å². The predicted octanol–water partition coefficient (Wildman–Crippen LogP) is 2.78. The van der Waals surface area contributed by atoms with Crippen molar-refractivity contribution in [2.75, 3.05) is 30.4 Å². The van der Waals surface area contributed by atoms with E-state index < -0.39 is 18.5 Å². The van der Waals surface area contributed by atoms with Gasteiger partial charge in [0.15, 0.2) is 11.6 Å². The van der Waals surface area contributed by atoms with Gasteiger partial charge in [-0.05, 0) is 64.3 Å². The van der Waals surface area contributed by atoms with Crippen LogP contribution < -0.4 is 15.4 Å².